The molecule has 0 heterocycles. The molecular formula is C23H21ClN2O. The Labute approximate surface area is 165 Å². The molecule has 1 unspecified atom stereocenters. The van der Waals surface area contributed by atoms with E-state index in [0.29, 0.717) is 17.9 Å². The highest BCUT2D eigenvalue weighted by molar-refractivity contribution is 6.33. The van der Waals surface area contributed by atoms with Gasteiger partial charge < -0.3 is 10.1 Å². The van der Waals surface area contributed by atoms with Crippen molar-refractivity contribution in [2.75, 3.05) is 11.9 Å². The van der Waals surface area contributed by atoms with Crippen LogP contribution in [0.4, 0.5) is 11.4 Å². The van der Waals surface area contributed by atoms with E-state index in [2.05, 4.69) is 16.2 Å². The molecule has 136 valence electrons. The van der Waals surface area contributed by atoms with E-state index in [4.69, 9.17) is 22.8 Å². The summed E-state index contributed by atoms with van der Waals surface area (Å²) >= 11 is 6.66. The number of nitrogens with one attached hydrogen (secondary N) is 1. The lowest BCUT2D eigenvalue weighted by atomic mass is 9.93. The Balaban J connectivity index is 1.83. The minimum absolute atomic E-state index is 0.0235. The van der Waals surface area contributed by atoms with Crippen molar-refractivity contribution >= 4 is 29.2 Å². The van der Waals surface area contributed by atoms with Crippen LogP contribution in [0.2, 0.25) is 0 Å². The first-order chi connectivity index (χ1) is 13.3. The Morgan fingerprint density at radius 2 is 1.81 bits per heavy atom. The molecule has 2 aromatic carbocycles. The molecule has 27 heavy (non-hydrogen) atoms. The van der Waals surface area contributed by atoms with E-state index < -0.39 is 0 Å². The summed E-state index contributed by atoms with van der Waals surface area (Å²) in [6.45, 7) is 0.283. The van der Waals surface area contributed by atoms with Crippen LogP contribution in [0.25, 0.3) is 0 Å². The van der Waals surface area contributed by atoms with Crippen LogP contribution < -0.4 is 5.32 Å². The molecule has 0 saturated heterocycles. The Hall–Kier alpha value is -2.80. The molecule has 3 nitrogen and oxygen atoms in total. The molecule has 1 atom stereocenters. The third kappa shape index (κ3) is 5.59. The first-order valence-corrected chi connectivity index (χ1v) is 9.18. The fraction of sp³-hybridized carbons (Fsp3) is 0.174. The zero-order valence-electron chi connectivity index (χ0n) is 14.9. The first kappa shape index (κ1) is 19.0. The van der Waals surface area contributed by atoms with Gasteiger partial charge in [0.15, 0.2) is 0 Å². The van der Waals surface area contributed by atoms with Crippen LogP contribution in [-0.2, 0) is 4.74 Å². The van der Waals surface area contributed by atoms with Gasteiger partial charge in [-0.2, -0.15) is 0 Å². The molecule has 1 aliphatic carbocycles. The van der Waals surface area contributed by atoms with Crippen LogP contribution in [0.3, 0.4) is 0 Å². The number of hydrogen-bond donors (Lipinski definition) is 1. The maximum atomic E-state index is 6.66. The average Bonchev–Trinajstić information content (AvgIpc) is 2.72. The predicted molar refractivity (Wildman–Crippen MR) is 113 cm³/mol. The van der Waals surface area contributed by atoms with Crippen LogP contribution in [-0.4, -0.2) is 18.9 Å². The number of benzene rings is 2. The first-order valence-electron chi connectivity index (χ1n) is 8.80. The molecule has 0 bridgehead atoms. The normalized spacial score (nSPS) is 18.7. The van der Waals surface area contributed by atoms with Crippen LogP contribution in [0.5, 0.6) is 0 Å². The third-order valence-electron chi connectivity index (χ3n) is 4.17. The summed E-state index contributed by atoms with van der Waals surface area (Å²) in [6.07, 6.45) is 10.4. The zero-order chi connectivity index (χ0) is 18.9. The predicted octanol–water partition coefficient (Wildman–Crippen LogP) is 5.69. The van der Waals surface area contributed by atoms with Crippen molar-refractivity contribution in [2.45, 2.75) is 18.9 Å². The highest BCUT2D eigenvalue weighted by atomic mass is 35.5. The number of rotatable bonds is 6. The van der Waals surface area contributed by atoms with Gasteiger partial charge in [0, 0.05) is 30.9 Å². The molecule has 1 aliphatic rings. The van der Waals surface area contributed by atoms with Crippen molar-refractivity contribution in [1.82, 2.24) is 0 Å². The summed E-state index contributed by atoms with van der Waals surface area (Å²) in [5.74, 6) is 2.53. The lowest BCUT2D eigenvalue weighted by molar-refractivity contribution is 0.0778. The quantitative estimate of drug-likeness (QED) is 0.519. The van der Waals surface area contributed by atoms with Gasteiger partial charge in [0.1, 0.15) is 6.61 Å². The molecule has 3 rings (SSSR count). The molecule has 0 aromatic heterocycles. The summed E-state index contributed by atoms with van der Waals surface area (Å²) in [6, 6.07) is 19.7. The number of anilines is 1. The summed E-state index contributed by atoms with van der Waals surface area (Å²) in [4.78, 5) is 4.54. The molecule has 0 spiro atoms. The largest absolute Gasteiger partial charge is 0.365 e. The number of para-hydroxylation sites is 2. The number of ether oxygens (including phenoxy) is 1. The number of allylic oxidation sites excluding steroid dienone is 1. The van der Waals surface area contributed by atoms with E-state index in [1.807, 2.05) is 73.1 Å². The highest BCUT2D eigenvalue weighted by Gasteiger charge is 2.23. The van der Waals surface area contributed by atoms with Crippen LogP contribution in [0, 0.1) is 12.3 Å². The summed E-state index contributed by atoms with van der Waals surface area (Å²) in [5.41, 5.74) is 3.80. The second-order valence-electron chi connectivity index (χ2n) is 6.16. The maximum Gasteiger partial charge on any atom is 0.107 e. The number of nitrogens with zero attached hydrogens (tertiary/aromatic N) is 1. The van der Waals surface area contributed by atoms with Crippen molar-refractivity contribution < 1.29 is 4.74 Å². The molecule has 1 N–H and O–H groups in total. The van der Waals surface area contributed by atoms with Gasteiger partial charge in [-0.05, 0) is 35.4 Å². The van der Waals surface area contributed by atoms with Gasteiger partial charge >= 0.3 is 0 Å². The molecule has 2 aromatic rings. The van der Waals surface area contributed by atoms with E-state index in [0.717, 1.165) is 22.5 Å². The Kier molecular flexibility index (Phi) is 6.87. The number of terminal acetylenes is 1. The Morgan fingerprint density at radius 3 is 2.52 bits per heavy atom. The summed E-state index contributed by atoms with van der Waals surface area (Å²) in [5, 5.41) is 4.00. The van der Waals surface area contributed by atoms with Crippen molar-refractivity contribution in [3.8, 4) is 12.3 Å². The summed E-state index contributed by atoms with van der Waals surface area (Å²) < 4.78 is 5.79. The van der Waals surface area contributed by atoms with Crippen LogP contribution in [0.15, 0.2) is 88.0 Å². The van der Waals surface area contributed by atoms with Crippen molar-refractivity contribution in [3.63, 3.8) is 0 Å². The van der Waals surface area contributed by atoms with Gasteiger partial charge in [-0.1, -0.05) is 53.9 Å². The second-order valence-corrected chi connectivity index (χ2v) is 6.54. The van der Waals surface area contributed by atoms with E-state index in [9.17, 15) is 0 Å². The molecular weight excluding hydrogens is 356 g/mol. The van der Waals surface area contributed by atoms with Gasteiger partial charge in [0.2, 0.25) is 0 Å². The van der Waals surface area contributed by atoms with E-state index in [-0.39, 0.29) is 12.7 Å². The van der Waals surface area contributed by atoms with Crippen molar-refractivity contribution in [1.29, 1.82) is 0 Å². The molecule has 0 saturated carbocycles. The van der Waals surface area contributed by atoms with Crippen molar-refractivity contribution in [2.24, 2.45) is 4.99 Å². The zero-order valence-corrected chi connectivity index (χ0v) is 15.7. The Morgan fingerprint density at radius 1 is 1.11 bits per heavy atom. The molecule has 0 aliphatic heterocycles. The van der Waals surface area contributed by atoms with Crippen LogP contribution >= 0.6 is 11.6 Å². The van der Waals surface area contributed by atoms with Gasteiger partial charge in [0.25, 0.3) is 0 Å². The van der Waals surface area contributed by atoms with E-state index in [1.54, 1.807) is 0 Å². The smallest absolute Gasteiger partial charge is 0.107 e. The average molecular weight is 377 g/mol. The number of halogens is 1. The van der Waals surface area contributed by atoms with Gasteiger partial charge in [-0.25, -0.2) is 0 Å². The highest BCUT2D eigenvalue weighted by Crippen LogP contribution is 2.33. The fourth-order valence-corrected chi connectivity index (χ4v) is 3.09. The molecule has 0 fully saturated rings. The minimum Gasteiger partial charge on any atom is -0.365 e. The van der Waals surface area contributed by atoms with E-state index >= 15 is 0 Å². The maximum absolute atomic E-state index is 6.66. The number of hydrogen-bond acceptors (Lipinski definition) is 3. The molecule has 4 heteroatoms. The van der Waals surface area contributed by atoms with Crippen molar-refractivity contribution in [3.05, 3.63) is 83.0 Å². The van der Waals surface area contributed by atoms with Gasteiger partial charge in [-0.3, -0.25) is 4.99 Å². The van der Waals surface area contributed by atoms with Crippen LogP contribution in [0.1, 0.15) is 12.8 Å². The van der Waals surface area contributed by atoms with E-state index in [1.165, 1.54) is 0 Å². The number of aliphatic imine (C=N–C) groups is 1. The molecule has 0 radical (unpaired) electrons. The SMILES string of the molecule is C#CCOC1CC(/C=N/c2ccccc2)=C(Cl)C(=C/Nc2ccccc2)/C1. The monoisotopic (exact) mass is 376 g/mol. The topological polar surface area (TPSA) is 33.6 Å². The lowest BCUT2D eigenvalue weighted by Gasteiger charge is -2.25. The third-order valence-corrected chi connectivity index (χ3v) is 4.66. The lowest BCUT2D eigenvalue weighted by Crippen LogP contribution is -2.21. The fourth-order valence-electron chi connectivity index (χ4n) is 2.83. The minimum atomic E-state index is -0.0235. The molecule has 0 amide bonds. The van der Waals surface area contributed by atoms with Gasteiger partial charge in [-0.15, -0.1) is 6.42 Å². The van der Waals surface area contributed by atoms with Gasteiger partial charge in [0.05, 0.1) is 16.8 Å². The second kappa shape index (κ2) is 9.78. The summed E-state index contributed by atoms with van der Waals surface area (Å²) in [7, 11) is 0. The standard InChI is InChI=1S/C23H21ClN2O/c1-2-13-27-22-14-18(16-25-20-9-5-3-6-10-20)23(24)19(15-22)17-26-21-11-7-4-8-12-21/h1,3-12,16-17,22,25H,13-15H2/b18-16+,26-17+. The Bertz CT molecular complexity index is 880.